The van der Waals surface area contributed by atoms with Crippen LogP contribution in [0.3, 0.4) is 0 Å². The number of ketones is 1. The predicted octanol–water partition coefficient (Wildman–Crippen LogP) is 4.04. The second-order valence-corrected chi connectivity index (χ2v) is 8.65. The van der Waals surface area contributed by atoms with Crippen molar-refractivity contribution in [2.75, 3.05) is 18.0 Å². The zero-order valence-electron chi connectivity index (χ0n) is 15.5. The minimum Gasteiger partial charge on any atom is -0.497 e. The average Bonchev–Trinajstić information content (AvgIpc) is 2.64. The molecule has 0 unspecified atom stereocenters. The molecule has 0 bridgehead atoms. The fraction of sp³-hybridized carbons (Fsp3) is 0.381. The number of para-hydroxylation sites is 1. The molecule has 2 aromatic rings. The molecule has 1 aliphatic rings. The van der Waals surface area contributed by atoms with Gasteiger partial charge in [-0.15, -0.1) is 0 Å². The Morgan fingerprint density at radius 2 is 1.74 bits per heavy atom. The van der Waals surface area contributed by atoms with Crippen LogP contribution in [0.2, 0.25) is 0 Å². The van der Waals surface area contributed by atoms with Crippen LogP contribution in [0.1, 0.15) is 32.1 Å². The van der Waals surface area contributed by atoms with Crippen LogP contribution in [0.5, 0.6) is 5.75 Å². The van der Waals surface area contributed by atoms with E-state index >= 15 is 0 Å². The highest BCUT2D eigenvalue weighted by molar-refractivity contribution is 7.92. The summed E-state index contributed by atoms with van der Waals surface area (Å²) in [6.07, 6.45) is 4.01. The van der Waals surface area contributed by atoms with E-state index in [-0.39, 0.29) is 23.1 Å². The zero-order chi connectivity index (χ0) is 19.3. The topological polar surface area (TPSA) is 63.7 Å². The lowest BCUT2D eigenvalue weighted by atomic mass is 9.81. The van der Waals surface area contributed by atoms with Gasteiger partial charge in [0.1, 0.15) is 11.5 Å². The molecule has 0 atom stereocenters. The molecule has 144 valence electrons. The van der Waals surface area contributed by atoms with Crippen molar-refractivity contribution in [2.45, 2.75) is 37.0 Å². The van der Waals surface area contributed by atoms with E-state index in [9.17, 15) is 13.2 Å². The number of carbonyl (C=O) groups excluding carboxylic acids is 1. The molecule has 0 amide bonds. The van der Waals surface area contributed by atoms with Gasteiger partial charge in [0.25, 0.3) is 10.0 Å². The standard InChI is InChI=1S/C21H25NO4S/c1-26-19-12-14-20(15-13-19)27(24,25)22(18-9-3-2-4-10-18)16-6-11-21(23)17-7-5-8-17/h2-4,9-10,12-15,17H,5-8,11,16H2,1H3. The van der Waals surface area contributed by atoms with Gasteiger partial charge >= 0.3 is 0 Å². The van der Waals surface area contributed by atoms with Crippen molar-refractivity contribution in [3.8, 4) is 5.75 Å². The number of methoxy groups -OCH3 is 1. The number of sulfonamides is 1. The van der Waals surface area contributed by atoms with E-state index in [1.54, 1.807) is 43.5 Å². The van der Waals surface area contributed by atoms with Crippen molar-refractivity contribution < 1.29 is 17.9 Å². The van der Waals surface area contributed by atoms with Gasteiger partial charge in [0.15, 0.2) is 0 Å². The third-order valence-electron chi connectivity index (χ3n) is 5.04. The number of rotatable bonds is 9. The van der Waals surface area contributed by atoms with Crippen molar-refractivity contribution in [3.05, 3.63) is 54.6 Å². The highest BCUT2D eigenvalue weighted by Crippen LogP contribution is 2.29. The van der Waals surface area contributed by atoms with Crippen LogP contribution in [-0.2, 0) is 14.8 Å². The number of nitrogens with zero attached hydrogens (tertiary/aromatic N) is 1. The maximum absolute atomic E-state index is 13.2. The predicted molar refractivity (Wildman–Crippen MR) is 106 cm³/mol. The Balaban J connectivity index is 1.79. The van der Waals surface area contributed by atoms with Gasteiger partial charge < -0.3 is 4.74 Å². The summed E-state index contributed by atoms with van der Waals surface area (Å²) in [7, 11) is -2.18. The van der Waals surface area contributed by atoms with E-state index in [2.05, 4.69) is 0 Å². The first kappa shape index (κ1) is 19.4. The Morgan fingerprint density at radius 1 is 1.07 bits per heavy atom. The molecule has 3 rings (SSSR count). The Kier molecular flexibility index (Phi) is 6.16. The Labute approximate surface area is 161 Å². The molecule has 0 spiro atoms. The lowest BCUT2D eigenvalue weighted by Gasteiger charge is -2.26. The average molecular weight is 388 g/mol. The number of hydrogen-bond donors (Lipinski definition) is 0. The Morgan fingerprint density at radius 3 is 2.30 bits per heavy atom. The highest BCUT2D eigenvalue weighted by Gasteiger charge is 2.27. The SMILES string of the molecule is COc1ccc(S(=O)(=O)N(CCCC(=O)C2CCC2)c2ccccc2)cc1. The van der Waals surface area contributed by atoms with Gasteiger partial charge in [0, 0.05) is 18.9 Å². The van der Waals surface area contributed by atoms with Crippen LogP contribution in [-0.4, -0.2) is 27.9 Å². The lowest BCUT2D eigenvalue weighted by Crippen LogP contribution is -2.32. The van der Waals surface area contributed by atoms with Crippen molar-refractivity contribution in [2.24, 2.45) is 5.92 Å². The number of anilines is 1. The fourth-order valence-corrected chi connectivity index (χ4v) is 4.69. The van der Waals surface area contributed by atoms with E-state index in [0.29, 0.717) is 24.3 Å². The van der Waals surface area contributed by atoms with Crippen LogP contribution < -0.4 is 9.04 Å². The molecule has 1 fully saturated rings. The smallest absolute Gasteiger partial charge is 0.264 e. The molecular formula is C21H25NO4S. The maximum Gasteiger partial charge on any atom is 0.264 e. The third kappa shape index (κ3) is 4.50. The van der Waals surface area contributed by atoms with Crippen LogP contribution in [0.25, 0.3) is 0 Å². The first-order valence-electron chi connectivity index (χ1n) is 9.27. The molecule has 0 saturated heterocycles. The second kappa shape index (κ2) is 8.57. The molecule has 1 aliphatic carbocycles. The summed E-state index contributed by atoms with van der Waals surface area (Å²) in [6, 6.07) is 15.4. The third-order valence-corrected chi connectivity index (χ3v) is 6.88. The van der Waals surface area contributed by atoms with Gasteiger partial charge in [-0.1, -0.05) is 24.6 Å². The first-order valence-corrected chi connectivity index (χ1v) is 10.7. The molecule has 5 nitrogen and oxygen atoms in total. The summed E-state index contributed by atoms with van der Waals surface area (Å²) in [6.45, 7) is 0.275. The molecule has 0 N–H and O–H groups in total. The van der Waals surface area contributed by atoms with Gasteiger partial charge in [-0.2, -0.15) is 0 Å². The number of hydrogen-bond acceptors (Lipinski definition) is 4. The van der Waals surface area contributed by atoms with E-state index in [1.165, 1.54) is 4.31 Å². The zero-order valence-corrected chi connectivity index (χ0v) is 16.3. The molecule has 27 heavy (non-hydrogen) atoms. The highest BCUT2D eigenvalue weighted by atomic mass is 32.2. The Hall–Kier alpha value is -2.34. The second-order valence-electron chi connectivity index (χ2n) is 6.79. The van der Waals surface area contributed by atoms with Crippen molar-refractivity contribution in [1.29, 1.82) is 0 Å². The van der Waals surface area contributed by atoms with Gasteiger partial charge in [0.2, 0.25) is 0 Å². The van der Waals surface area contributed by atoms with Crippen LogP contribution in [0.15, 0.2) is 59.5 Å². The number of carbonyl (C=O) groups is 1. The summed E-state index contributed by atoms with van der Waals surface area (Å²) in [4.78, 5) is 12.4. The monoisotopic (exact) mass is 387 g/mol. The normalized spacial score (nSPS) is 14.4. The van der Waals surface area contributed by atoms with E-state index in [0.717, 1.165) is 19.3 Å². The molecule has 0 radical (unpaired) electrons. The van der Waals surface area contributed by atoms with Crippen molar-refractivity contribution in [3.63, 3.8) is 0 Å². The van der Waals surface area contributed by atoms with E-state index < -0.39 is 10.0 Å². The first-order chi connectivity index (χ1) is 13.0. The number of Topliss-reactive ketones (excluding diaryl/α,β-unsaturated/α-hetero) is 1. The van der Waals surface area contributed by atoms with Crippen LogP contribution in [0.4, 0.5) is 5.69 Å². The largest absolute Gasteiger partial charge is 0.497 e. The van der Waals surface area contributed by atoms with E-state index in [4.69, 9.17) is 4.74 Å². The summed E-state index contributed by atoms with van der Waals surface area (Å²) in [5.74, 6) is 1.05. The number of benzene rings is 2. The number of ether oxygens (including phenoxy) is 1. The molecule has 0 aliphatic heterocycles. The van der Waals surface area contributed by atoms with Crippen molar-refractivity contribution in [1.82, 2.24) is 0 Å². The summed E-state index contributed by atoms with van der Waals surface area (Å²) < 4.78 is 32.9. The van der Waals surface area contributed by atoms with Gasteiger partial charge in [-0.25, -0.2) is 8.42 Å². The minimum absolute atomic E-state index is 0.188. The lowest BCUT2D eigenvalue weighted by molar-refractivity contribution is -0.125. The molecule has 0 heterocycles. The molecule has 1 saturated carbocycles. The van der Waals surface area contributed by atoms with E-state index in [1.807, 2.05) is 18.2 Å². The molecule has 6 heteroatoms. The molecular weight excluding hydrogens is 362 g/mol. The van der Waals surface area contributed by atoms with Gasteiger partial charge in [-0.05, 0) is 55.7 Å². The van der Waals surface area contributed by atoms with Crippen LogP contribution >= 0.6 is 0 Å². The summed E-state index contributed by atoms with van der Waals surface area (Å²) >= 11 is 0. The molecule has 0 aromatic heterocycles. The summed E-state index contributed by atoms with van der Waals surface area (Å²) in [5.41, 5.74) is 0.601. The fourth-order valence-electron chi connectivity index (χ4n) is 3.19. The van der Waals surface area contributed by atoms with Crippen molar-refractivity contribution >= 4 is 21.5 Å². The van der Waals surface area contributed by atoms with Crippen LogP contribution in [0, 0.1) is 5.92 Å². The quantitative estimate of drug-likeness (QED) is 0.651. The maximum atomic E-state index is 13.2. The van der Waals surface area contributed by atoms with Gasteiger partial charge in [-0.3, -0.25) is 9.10 Å². The summed E-state index contributed by atoms with van der Waals surface area (Å²) in [5, 5.41) is 0. The minimum atomic E-state index is -3.72. The van der Waals surface area contributed by atoms with Gasteiger partial charge in [0.05, 0.1) is 17.7 Å². The Bertz CT molecular complexity index is 859. The molecule has 2 aromatic carbocycles.